The summed E-state index contributed by atoms with van der Waals surface area (Å²) in [6, 6.07) is 0.325. The SMILES string of the molecule is COC1CCN(CC(NC2CC2)C(N)=O)CC1. The molecule has 0 aromatic heterocycles. The van der Waals surface area contributed by atoms with Crippen molar-refractivity contribution in [2.24, 2.45) is 5.73 Å². The highest BCUT2D eigenvalue weighted by Crippen LogP contribution is 2.20. The van der Waals surface area contributed by atoms with Gasteiger partial charge in [-0.15, -0.1) is 0 Å². The molecule has 1 aliphatic carbocycles. The van der Waals surface area contributed by atoms with Crippen LogP contribution in [0.3, 0.4) is 0 Å². The van der Waals surface area contributed by atoms with Crippen molar-refractivity contribution < 1.29 is 9.53 Å². The molecule has 1 heterocycles. The van der Waals surface area contributed by atoms with Gasteiger partial charge < -0.3 is 20.7 Å². The van der Waals surface area contributed by atoms with Gasteiger partial charge in [0, 0.05) is 32.8 Å². The van der Waals surface area contributed by atoms with Gasteiger partial charge in [0.1, 0.15) is 0 Å². The van der Waals surface area contributed by atoms with Crippen LogP contribution in [0.2, 0.25) is 0 Å². The first-order valence-electron chi connectivity index (χ1n) is 6.49. The van der Waals surface area contributed by atoms with E-state index in [1.165, 1.54) is 12.8 Å². The zero-order valence-electron chi connectivity index (χ0n) is 10.5. The predicted octanol–water partition coefficient (Wildman–Crippen LogP) is -0.297. The second-order valence-electron chi connectivity index (χ2n) is 5.13. The molecule has 1 amide bonds. The summed E-state index contributed by atoms with van der Waals surface area (Å²) < 4.78 is 5.33. The van der Waals surface area contributed by atoms with Gasteiger partial charge in [-0.2, -0.15) is 0 Å². The van der Waals surface area contributed by atoms with Crippen LogP contribution in [0, 0.1) is 0 Å². The van der Waals surface area contributed by atoms with E-state index in [1.54, 1.807) is 7.11 Å². The summed E-state index contributed by atoms with van der Waals surface area (Å²) in [6.07, 6.45) is 4.83. The van der Waals surface area contributed by atoms with Gasteiger partial charge in [0.05, 0.1) is 12.1 Å². The van der Waals surface area contributed by atoms with Gasteiger partial charge in [0.15, 0.2) is 0 Å². The smallest absolute Gasteiger partial charge is 0.235 e. The molecule has 3 N–H and O–H groups in total. The van der Waals surface area contributed by atoms with Gasteiger partial charge in [-0.05, 0) is 25.7 Å². The van der Waals surface area contributed by atoms with Gasteiger partial charge >= 0.3 is 0 Å². The van der Waals surface area contributed by atoms with Crippen molar-refractivity contribution in [2.45, 2.75) is 43.9 Å². The summed E-state index contributed by atoms with van der Waals surface area (Å²) in [7, 11) is 1.77. The Morgan fingerprint density at radius 3 is 2.53 bits per heavy atom. The molecule has 0 radical (unpaired) electrons. The van der Waals surface area contributed by atoms with Gasteiger partial charge in [-0.1, -0.05) is 0 Å². The van der Waals surface area contributed by atoms with Crippen LogP contribution < -0.4 is 11.1 Å². The minimum atomic E-state index is -0.231. The van der Waals surface area contributed by atoms with Crippen molar-refractivity contribution >= 4 is 5.91 Å². The Kier molecular flexibility index (Phi) is 4.36. The molecule has 2 aliphatic rings. The van der Waals surface area contributed by atoms with Crippen LogP contribution in [-0.4, -0.2) is 55.7 Å². The second kappa shape index (κ2) is 5.80. The number of carbonyl (C=O) groups is 1. The van der Waals surface area contributed by atoms with Gasteiger partial charge in [0.2, 0.25) is 5.91 Å². The van der Waals surface area contributed by atoms with Crippen molar-refractivity contribution in [1.29, 1.82) is 0 Å². The molecule has 17 heavy (non-hydrogen) atoms. The van der Waals surface area contributed by atoms with E-state index in [4.69, 9.17) is 10.5 Å². The third-order valence-corrected chi connectivity index (χ3v) is 3.67. The van der Waals surface area contributed by atoms with Crippen LogP contribution in [0.1, 0.15) is 25.7 Å². The molecule has 1 unspecified atom stereocenters. The summed E-state index contributed by atoms with van der Waals surface area (Å²) in [5, 5.41) is 3.32. The third-order valence-electron chi connectivity index (χ3n) is 3.67. The molecule has 98 valence electrons. The molecular formula is C12H23N3O2. The average Bonchev–Trinajstić information content (AvgIpc) is 3.13. The number of methoxy groups -OCH3 is 1. The van der Waals surface area contributed by atoms with E-state index < -0.39 is 0 Å². The number of carbonyl (C=O) groups excluding carboxylic acids is 1. The number of primary amides is 1. The van der Waals surface area contributed by atoms with E-state index in [1.807, 2.05) is 0 Å². The van der Waals surface area contributed by atoms with E-state index in [0.29, 0.717) is 12.1 Å². The predicted molar refractivity (Wildman–Crippen MR) is 65.6 cm³/mol. The van der Waals surface area contributed by atoms with E-state index in [0.717, 1.165) is 32.5 Å². The zero-order chi connectivity index (χ0) is 12.3. The van der Waals surface area contributed by atoms with Crippen molar-refractivity contribution in [2.75, 3.05) is 26.7 Å². The Labute approximate surface area is 103 Å². The molecule has 0 bridgehead atoms. The first kappa shape index (κ1) is 12.8. The summed E-state index contributed by atoms with van der Waals surface area (Å²) >= 11 is 0. The summed E-state index contributed by atoms with van der Waals surface area (Å²) in [4.78, 5) is 13.7. The van der Waals surface area contributed by atoms with E-state index in [2.05, 4.69) is 10.2 Å². The number of hydrogen-bond donors (Lipinski definition) is 2. The topological polar surface area (TPSA) is 67.6 Å². The van der Waals surface area contributed by atoms with E-state index >= 15 is 0 Å². The van der Waals surface area contributed by atoms with Crippen LogP contribution in [0.4, 0.5) is 0 Å². The van der Waals surface area contributed by atoms with E-state index in [9.17, 15) is 4.79 Å². The largest absolute Gasteiger partial charge is 0.381 e. The van der Waals surface area contributed by atoms with E-state index in [-0.39, 0.29) is 11.9 Å². The molecule has 1 saturated heterocycles. The summed E-state index contributed by atoms with van der Waals surface area (Å²) in [5.74, 6) is -0.231. The molecule has 5 heteroatoms. The van der Waals surface area contributed by atoms with Crippen molar-refractivity contribution in [3.8, 4) is 0 Å². The molecular weight excluding hydrogens is 218 g/mol. The third kappa shape index (κ3) is 3.94. The standard InChI is InChI=1S/C12H23N3O2/c1-17-10-4-6-15(7-5-10)8-11(12(13)16)14-9-2-3-9/h9-11,14H,2-8H2,1H3,(H2,13,16). The Bertz CT molecular complexity index is 260. The molecule has 1 saturated carbocycles. The van der Waals surface area contributed by atoms with Crippen molar-refractivity contribution in [1.82, 2.24) is 10.2 Å². The highest BCUT2D eigenvalue weighted by Gasteiger charge is 2.29. The fourth-order valence-corrected chi connectivity index (χ4v) is 2.35. The summed E-state index contributed by atoms with van der Waals surface area (Å²) in [6.45, 7) is 2.73. The van der Waals surface area contributed by atoms with Gasteiger partial charge in [-0.3, -0.25) is 4.79 Å². The lowest BCUT2D eigenvalue weighted by molar-refractivity contribution is -0.120. The Balaban J connectivity index is 1.75. The Morgan fingerprint density at radius 1 is 1.41 bits per heavy atom. The van der Waals surface area contributed by atoms with Crippen LogP contribution >= 0.6 is 0 Å². The number of hydrogen-bond acceptors (Lipinski definition) is 4. The molecule has 1 aliphatic heterocycles. The lowest BCUT2D eigenvalue weighted by Crippen LogP contribution is -2.51. The highest BCUT2D eigenvalue weighted by atomic mass is 16.5. The molecule has 0 aromatic carbocycles. The number of ether oxygens (including phenoxy) is 1. The van der Waals surface area contributed by atoms with Gasteiger partial charge in [-0.25, -0.2) is 0 Å². The lowest BCUT2D eigenvalue weighted by atomic mass is 10.1. The quantitative estimate of drug-likeness (QED) is 0.670. The average molecular weight is 241 g/mol. The maximum absolute atomic E-state index is 11.4. The van der Waals surface area contributed by atoms with Crippen LogP contribution in [0.5, 0.6) is 0 Å². The molecule has 0 aromatic rings. The lowest BCUT2D eigenvalue weighted by Gasteiger charge is -2.33. The maximum atomic E-state index is 11.4. The highest BCUT2D eigenvalue weighted by molar-refractivity contribution is 5.80. The monoisotopic (exact) mass is 241 g/mol. The van der Waals surface area contributed by atoms with Crippen LogP contribution in [-0.2, 0) is 9.53 Å². The number of amides is 1. The van der Waals surface area contributed by atoms with Crippen molar-refractivity contribution in [3.63, 3.8) is 0 Å². The maximum Gasteiger partial charge on any atom is 0.235 e. The molecule has 2 rings (SSSR count). The normalized spacial score (nSPS) is 24.8. The van der Waals surface area contributed by atoms with Gasteiger partial charge in [0.25, 0.3) is 0 Å². The number of nitrogens with two attached hydrogens (primary N) is 1. The minimum Gasteiger partial charge on any atom is -0.381 e. The van der Waals surface area contributed by atoms with Crippen LogP contribution in [0.15, 0.2) is 0 Å². The Hall–Kier alpha value is -0.650. The number of nitrogens with one attached hydrogen (secondary N) is 1. The Morgan fingerprint density at radius 2 is 2.06 bits per heavy atom. The minimum absolute atomic E-state index is 0.193. The zero-order valence-corrected chi connectivity index (χ0v) is 10.5. The number of nitrogens with zero attached hydrogens (tertiary/aromatic N) is 1. The fraction of sp³-hybridized carbons (Fsp3) is 0.917. The molecule has 1 atom stereocenters. The number of likely N-dealkylation sites (tertiary alicyclic amines) is 1. The number of rotatable bonds is 6. The molecule has 2 fully saturated rings. The summed E-state index contributed by atoms with van der Waals surface area (Å²) in [5.41, 5.74) is 5.43. The van der Waals surface area contributed by atoms with Crippen LogP contribution in [0.25, 0.3) is 0 Å². The first-order chi connectivity index (χ1) is 8.19. The second-order valence-corrected chi connectivity index (χ2v) is 5.13. The van der Waals surface area contributed by atoms with Crippen molar-refractivity contribution in [3.05, 3.63) is 0 Å². The molecule has 5 nitrogen and oxygen atoms in total. The fourth-order valence-electron chi connectivity index (χ4n) is 2.35. The number of piperidine rings is 1. The first-order valence-corrected chi connectivity index (χ1v) is 6.49. The molecule has 0 spiro atoms.